The third-order valence-electron chi connectivity index (χ3n) is 4.28. The Bertz CT molecular complexity index is 315. The Balaban J connectivity index is 1.67. The minimum atomic E-state index is 0.739. The van der Waals surface area contributed by atoms with E-state index in [0.717, 1.165) is 43.3 Å². The summed E-state index contributed by atoms with van der Waals surface area (Å²) < 4.78 is 0. The van der Waals surface area contributed by atoms with Gasteiger partial charge in [-0.15, -0.1) is 0 Å². The summed E-state index contributed by atoms with van der Waals surface area (Å²) in [6.07, 6.45) is 5.45. The number of nitrogens with one attached hydrogen (secondary N) is 2. The van der Waals surface area contributed by atoms with Gasteiger partial charge in [0.1, 0.15) is 0 Å². The number of rotatable bonds is 6. The molecule has 0 radical (unpaired) electrons. The van der Waals surface area contributed by atoms with Crippen molar-refractivity contribution < 1.29 is 0 Å². The van der Waals surface area contributed by atoms with Gasteiger partial charge in [-0.25, -0.2) is 0 Å². The van der Waals surface area contributed by atoms with E-state index in [0.29, 0.717) is 0 Å². The molecule has 122 valence electrons. The number of hydrogen-bond donors (Lipinski definition) is 2. The van der Waals surface area contributed by atoms with Crippen molar-refractivity contribution in [3.8, 4) is 0 Å². The summed E-state index contributed by atoms with van der Waals surface area (Å²) in [6.45, 7) is 11.0. The van der Waals surface area contributed by atoms with E-state index in [2.05, 4.69) is 41.1 Å². The van der Waals surface area contributed by atoms with Crippen LogP contribution in [0.5, 0.6) is 0 Å². The van der Waals surface area contributed by atoms with Crippen molar-refractivity contribution in [3.05, 3.63) is 0 Å². The van der Waals surface area contributed by atoms with Crippen LogP contribution in [-0.4, -0.2) is 61.1 Å². The van der Waals surface area contributed by atoms with Crippen LogP contribution in [0, 0.1) is 5.92 Å². The van der Waals surface area contributed by atoms with Crippen molar-refractivity contribution in [2.45, 2.75) is 44.8 Å². The molecular weight excluding hydrogens is 280 g/mol. The highest BCUT2D eigenvalue weighted by Crippen LogP contribution is 2.25. The lowest BCUT2D eigenvalue weighted by Crippen LogP contribution is -2.44. The number of guanidine groups is 1. The normalized spacial score (nSPS) is 27.8. The molecule has 0 aromatic carbocycles. The van der Waals surface area contributed by atoms with Gasteiger partial charge in [0.15, 0.2) is 5.96 Å². The lowest BCUT2D eigenvalue weighted by atomic mass is 10.0. The van der Waals surface area contributed by atoms with Crippen LogP contribution < -0.4 is 10.6 Å². The zero-order valence-electron chi connectivity index (χ0n) is 13.7. The Labute approximate surface area is 134 Å². The van der Waals surface area contributed by atoms with E-state index in [-0.39, 0.29) is 0 Å². The second kappa shape index (κ2) is 9.57. The molecule has 2 saturated heterocycles. The summed E-state index contributed by atoms with van der Waals surface area (Å²) in [5.41, 5.74) is 0. The van der Waals surface area contributed by atoms with Crippen molar-refractivity contribution in [2.24, 2.45) is 10.9 Å². The molecule has 0 spiro atoms. The van der Waals surface area contributed by atoms with Crippen molar-refractivity contribution in [1.82, 2.24) is 15.5 Å². The number of aliphatic imine (C=N–C) groups is 1. The average Bonchev–Trinajstić information content (AvgIpc) is 2.98. The zero-order valence-corrected chi connectivity index (χ0v) is 14.6. The molecule has 4 nitrogen and oxygen atoms in total. The lowest BCUT2D eigenvalue weighted by Gasteiger charge is -2.30. The van der Waals surface area contributed by atoms with E-state index in [4.69, 9.17) is 4.99 Å². The molecule has 0 aromatic rings. The molecule has 0 amide bonds. The monoisotopic (exact) mass is 312 g/mol. The summed E-state index contributed by atoms with van der Waals surface area (Å²) >= 11 is 2.08. The van der Waals surface area contributed by atoms with Gasteiger partial charge in [0.25, 0.3) is 0 Å². The largest absolute Gasteiger partial charge is 0.357 e. The molecule has 2 atom stereocenters. The molecule has 2 N–H and O–H groups in total. The number of hydrogen-bond acceptors (Lipinski definition) is 3. The Hall–Kier alpha value is -0.420. The highest BCUT2D eigenvalue weighted by atomic mass is 32.2. The predicted octanol–water partition coefficient (Wildman–Crippen LogP) is 2.17. The standard InChI is InChI=1S/C16H32N4S/c1-3-17-16(19-12-15-7-5-11-21-15)18-8-10-20-9-4-6-14(2)13-20/h14-15H,3-13H2,1-2H3,(H2,17,18,19). The van der Waals surface area contributed by atoms with Crippen molar-refractivity contribution in [3.63, 3.8) is 0 Å². The number of piperidine rings is 1. The van der Waals surface area contributed by atoms with E-state index < -0.39 is 0 Å². The number of likely N-dealkylation sites (tertiary alicyclic amines) is 1. The van der Waals surface area contributed by atoms with Crippen molar-refractivity contribution >= 4 is 17.7 Å². The quantitative estimate of drug-likeness (QED) is 0.582. The molecule has 0 aromatic heterocycles. The molecule has 2 rings (SSSR count). The highest BCUT2D eigenvalue weighted by molar-refractivity contribution is 8.00. The molecule has 2 fully saturated rings. The average molecular weight is 313 g/mol. The molecule has 2 aliphatic rings. The van der Waals surface area contributed by atoms with Crippen LogP contribution in [0.2, 0.25) is 0 Å². The van der Waals surface area contributed by atoms with Crippen LogP contribution in [0.1, 0.15) is 39.5 Å². The predicted molar refractivity (Wildman–Crippen MR) is 94.3 cm³/mol. The summed E-state index contributed by atoms with van der Waals surface area (Å²) in [7, 11) is 0. The fraction of sp³-hybridized carbons (Fsp3) is 0.938. The summed E-state index contributed by atoms with van der Waals surface area (Å²) in [5, 5.41) is 7.60. The summed E-state index contributed by atoms with van der Waals surface area (Å²) in [5.74, 6) is 3.17. The SMILES string of the molecule is CCNC(=NCC1CCCS1)NCCN1CCCC(C)C1. The summed E-state index contributed by atoms with van der Waals surface area (Å²) in [4.78, 5) is 7.33. The number of nitrogens with zero attached hydrogens (tertiary/aromatic N) is 2. The third kappa shape index (κ3) is 6.47. The Morgan fingerprint density at radius 1 is 1.29 bits per heavy atom. The summed E-state index contributed by atoms with van der Waals surface area (Å²) in [6, 6.07) is 0. The van der Waals surface area contributed by atoms with Gasteiger partial charge in [0, 0.05) is 31.4 Å². The van der Waals surface area contributed by atoms with Gasteiger partial charge in [-0.1, -0.05) is 6.92 Å². The first-order valence-electron chi connectivity index (χ1n) is 8.64. The Morgan fingerprint density at radius 3 is 2.90 bits per heavy atom. The van der Waals surface area contributed by atoms with Gasteiger partial charge in [0.2, 0.25) is 0 Å². The fourth-order valence-corrected chi connectivity index (χ4v) is 4.33. The first-order valence-corrected chi connectivity index (χ1v) is 9.69. The maximum absolute atomic E-state index is 4.75. The van der Waals surface area contributed by atoms with Gasteiger partial charge in [-0.05, 0) is 50.8 Å². The van der Waals surface area contributed by atoms with Crippen LogP contribution >= 0.6 is 11.8 Å². The van der Waals surface area contributed by atoms with E-state index in [9.17, 15) is 0 Å². The third-order valence-corrected chi connectivity index (χ3v) is 5.66. The maximum atomic E-state index is 4.75. The van der Waals surface area contributed by atoms with Crippen LogP contribution in [0.4, 0.5) is 0 Å². The zero-order chi connectivity index (χ0) is 14.9. The van der Waals surface area contributed by atoms with E-state index in [1.807, 2.05) is 0 Å². The Morgan fingerprint density at radius 2 is 2.19 bits per heavy atom. The molecule has 2 unspecified atom stereocenters. The molecule has 0 aliphatic carbocycles. The fourth-order valence-electron chi connectivity index (χ4n) is 3.15. The maximum Gasteiger partial charge on any atom is 0.191 e. The minimum Gasteiger partial charge on any atom is -0.357 e. The van der Waals surface area contributed by atoms with Crippen molar-refractivity contribution in [2.75, 3.05) is 45.0 Å². The van der Waals surface area contributed by atoms with Gasteiger partial charge >= 0.3 is 0 Å². The van der Waals surface area contributed by atoms with Gasteiger partial charge < -0.3 is 15.5 Å². The van der Waals surface area contributed by atoms with Gasteiger partial charge in [0.05, 0.1) is 6.54 Å². The first-order chi connectivity index (χ1) is 10.3. The molecule has 5 heteroatoms. The minimum absolute atomic E-state index is 0.739. The second-order valence-electron chi connectivity index (χ2n) is 6.33. The van der Waals surface area contributed by atoms with Crippen LogP contribution in [0.3, 0.4) is 0 Å². The van der Waals surface area contributed by atoms with Crippen LogP contribution in [-0.2, 0) is 0 Å². The second-order valence-corrected chi connectivity index (χ2v) is 7.74. The van der Waals surface area contributed by atoms with Gasteiger partial charge in [-0.2, -0.15) is 11.8 Å². The van der Waals surface area contributed by atoms with Gasteiger partial charge in [-0.3, -0.25) is 4.99 Å². The highest BCUT2D eigenvalue weighted by Gasteiger charge is 2.16. The molecule has 21 heavy (non-hydrogen) atoms. The smallest absolute Gasteiger partial charge is 0.191 e. The molecular formula is C16H32N4S. The molecule has 2 heterocycles. The Kier molecular flexibility index (Phi) is 7.72. The van der Waals surface area contributed by atoms with Crippen LogP contribution in [0.15, 0.2) is 4.99 Å². The molecule has 2 aliphatic heterocycles. The van der Waals surface area contributed by atoms with E-state index in [1.165, 1.54) is 44.5 Å². The van der Waals surface area contributed by atoms with Crippen molar-refractivity contribution in [1.29, 1.82) is 0 Å². The molecule has 0 saturated carbocycles. The van der Waals surface area contributed by atoms with Crippen LogP contribution in [0.25, 0.3) is 0 Å². The van der Waals surface area contributed by atoms with E-state index >= 15 is 0 Å². The topological polar surface area (TPSA) is 39.7 Å². The lowest BCUT2D eigenvalue weighted by molar-refractivity contribution is 0.187. The first kappa shape index (κ1) is 16.9. The van der Waals surface area contributed by atoms with E-state index in [1.54, 1.807) is 0 Å². The number of thioether (sulfide) groups is 1. The molecule has 0 bridgehead atoms.